The lowest BCUT2D eigenvalue weighted by Gasteiger charge is -2.15. The summed E-state index contributed by atoms with van der Waals surface area (Å²) in [5.74, 6) is -0.243. The number of carbonyl (C=O) groups is 1. The number of hydrogen-bond acceptors (Lipinski definition) is 4. The van der Waals surface area contributed by atoms with Crippen LogP contribution in [0.1, 0.15) is 45.6 Å². The number of ether oxygens (including phenoxy) is 1. The predicted molar refractivity (Wildman–Crippen MR) is 102 cm³/mol. The monoisotopic (exact) mass is 389 g/mol. The number of amides is 1. The summed E-state index contributed by atoms with van der Waals surface area (Å²) >= 11 is 5.92. The topological polar surface area (TPSA) is 72.5 Å². The van der Waals surface area contributed by atoms with Crippen LogP contribution in [0.15, 0.2) is 18.2 Å². The number of benzene rings is 1. The lowest BCUT2D eigenvalue weighted by molar-refractivity contribution is -0.119. The van der Waals surface area contributed by atoms with Crippen molar-refractivity contribution in [2.45, 2.75) is 51.8 Å². The largest absolute Gasteiger partial charge is 0.496 e. The molecule has 0 saturated carbocycles. The van der Waals surface area contributed by atoms with Crippen LogP contribution in [0.5, 0.6) is 5.75 Å². The molecule has 0 saturated heterocycles. The Balaban J connectivity index is 2.60. The second-order valence-electron chi connectivity index (χ2n) is 6.78. The van der Waals surface area contributed by atoms with Crippen molar-refractivity contribution in [2.75, 3.05) is 12.9 Å². The van der Waals surface area contributed by atoms with Gasteiger partial charge < -0.3 is 10.1 Å². The smallest absolute Gasteiger partial charge is 0.235 e. The number of carbonyl (C=O) groups excluding carboxylic acids is 1. The molecule has 0 bridgehead atoms. The molecule has 0 unspecified atom stereocenters. The average Bonchev–Trinajstić information content (AvgIpc) is 2.45. The van der Waals surface area contributed by atoms with Crippen LogP contribution in [0.4, 0.5) is 0 Å². The molecule has 1 aromatic carbocycles. The number of halogens is 1. The zero-order valence-electron chi connectivity index (χ0n) is 15.3. The van der Waals surface area contributed by atoms with E-state index in [1.54, 1.807) is 18.2 Å². The van der Waals surface area contributed by atoms with Crippen LogP contribution in [0.2, 0.25) is 5.02 Å². The molecule has 1 N–H and O–H groups in total. The molecule has 25 heavy (non-hydrogen) atoms. The van der Waals surface area contributed by atoms with Gasteiger partial charge in [0.2, 0.25) is 5.91 Å². The van der Waals surface area contributed by atoms with E-state index in [2.05, 4.69) is 19.2 Å². The predicted octanol–water partition coefficient (Wildman–Crippen LogP) is 3.59. The highest BCUT2D eigenvalue weighted by molar-refractivity contribution is 7.91. The van der Waals surface area contributed by atoms with Gasteiger partial charge in [0.25, 0.3) is 0 Å². The number of hydrogen-bond donors (Lipinski definition) is 1. The Morgan fingerprint density at radius 3 is 2.52 bits per heavy atom. The Morgan fingerprint density at radius 2 is 1.92 bits per heavy atom. The van der Waals surface area contributed by atoms with Crippen LogP contribution < -0.4 is 10.1 Å². The maximum Gasteiger partial charge on any atom is 0.235 e. The number of sulfone groups is 1. The van der Waals surface area contributed by atoms with Crippen molar-refractivity contribution < 1.29 is 17.9 Å². The zero-order chi connectivity index (χ0) is 19.0. The van der Waals surface area contributed by atoms with Gasteiger partial charge in [-0.2, -0.15) is 0 Å². The van der Waals surface area contributed by atoms with Gasteiger partial charge in [0.15, 0.2) is 9.84 Å². The Labute approximate surface area is 156 Å². The highest BCUT2D eigenvalue weighted by Crippen LogP contribution is 2.24. The second-order valence-corrected chi connectivity index (χ2v) is 9.28. The molecule has 0 fully saturated rings. The maximum atomic E-state index is 12.3. The first-order valence-electron chi connectivity index (χ1n) is 8.45. The van der Waals surface area contributed by atoms with Gasteiger partial charge in [0.05, 0.1) is 12.9 Å². The molecule has 0 aliphatic rings. The lowest BCUT2D eigenvalue weighted by atomic mass is 10.0. The Hall–Kier alpha value is -1.27. The first-order chi connectivity index (χ1) is 11.6. The molecule has 0 aliphatic carbocycles. The molecule has 1 amide bonds. The van der Waals surface area contributed by atoms with E-state index < -0.39 is 21.5 Å². The second kappa shape index (κ2) is 10.0. The van der Waals surface area contributed by atoms with E-state index in [0.29, 0.717) is 22.3 Å². The minimum absolute atomic E-state index is 0.0397. The fourth-order valence-electron chi connectivity index (χ4n) is 2.57. The van der Waals surface area contributed by atoms with E-state index in [0.717, 1.165) is 19.3 Å². The molecule has 1 atom stereocenters. The highest BCUT2D eigenvalue weighted by atomic mass is 35.5. The third-order valence-electron chi connectivity index (χ3n) is 3.79. The normalized spacial score (nSPS) is 12.9. The van der Waals surface area contributed by atoms with Crippen LogP contribution >= 0.6 is 11.6 Å². The van der Waals surface area contributed by atoms with E-state index >= 15 is 0 Å². The standard InChI is InChI=1S/C18H28ClNO4S/c1-13(2)6-5-7-14(3)20-18(21)12-25(22,23)11-15-10-16(19)8-9-17(15)24-4/h8-10,13-14H,5-7,11-12H2,1-4H3,(H,20,21)/t14-/m0/s1. The summed E-state index contributed by atoms with van der Waals surface area (Å²) in [6.07, 6.45) is 2.94. The third-order valence-corrected chi connectivity index (χ3v) is 5.48. The van der Waals surface area contributed by atoms with Gasteiger partial charge in [-0.15, -0.1) is 0 Å². The maximum absolute atomic E-state index is 12.3. The van der Waals surface area contributed by atoms with Crippen molar-refractivity contribution in [3.8, 4) is 5.75 Å². The summed E-state index contributed by atoms with van der Waals surface area (Å²) in [6, 6.07) is 4.75. The SMILES string of the molecule is COc1ccc(Cl)cc1CS(=O)(=O)CC(=O)N[C@@H](C)CCCC(C)C. The van der Waals surface area contributed by atoms with Crippen molar-refractivity contribution in [2.24, 2.45) is 5.92 Å². The van der Waals surface area contributed by atoms with Gasteiger partial charge >= 0.3 is 0 Å². The van der Waals surface area contributed by atoms with Gasteiger partial charge in [-0.25, -0.2) is 8.42 Å². The van der Waals surface area contributed by atoms with E-state index in [4.69, 9.17) is 16.3 Å². The summed E-state index contributed by atoms with van der Waals surface area (Å²) in [5.41, 5.74) is 0.452. The van der Waals surface area contributed by atoms with Gasteiger partial charge in [-0.3, -0.25) is 4.79 Å². The van der Waals surface area contributed by atoms with Crippen molar-refractivity contribution in [1.82, 2.24) is 5.32 Å². The molecule has 7 heteroatoms. The van der Waals surface area contributed by atoms with Gasteiger partial charge in [0, 0.05) is 16.6 Å². The van der Waals surface area contributed by atoms with Gasteiger partial charge in [-0.1, -0.05) is 38.3 Å². The van der Waals surface area contributed by atoms with Crippen molar-refractivity contribution >= 4 is 27.3 Å². The van der Waals surface area contributed by atoms with Crippen LogP contribution in [-0.2, 0) is 20.4 Å². The Bertz CT molecular complexity index is 674. The summed E-state index contributed by atoms with van der Waals surface area (Å²) in [6.45, 7) is 6.20. The fraction of sp³-hybridized carbons (Fsp3) is 0.611. The first kappa shape index (κ1) is 21.8. The van der Waals surface area contributed by atoms with Crippen molar-refractivity contribution in [3.05, 3.63) is 28.8 Å². The fourth-order valence-corrected chi connectivity index (χ4v) is 4.05. The van der Waals surface area contributed by atoms with Gasteiger partial charge in [0.1, 0.15) is 11.5 Å². The molecule has 1 aromatic rings. The quantitative estimate of drug-likeness (QED) is 0.663. The van der Waals surface area contributed by atoms with Gasteiger partial charge in [-0.05, 0) is 37.5 Å². The van der Waals surface area contributed by atoms with E-state index in [1.165, 1.54) is 7.11 Å². The molecule has 1 rings (SSSR count). The lowest BCUT2D eigenvalue weighted by Crippen LogP contribution is -2.37. The zero-order valence-corrected chi connectivity index (χ0v) is 16.9. The summed E-state index contributed by atoms with van der Waals surface area (Å²) in [7, 11) is -2.15. The molecule has 142 valence electrons. The van der Waals surface area contributed by atoms with E-state index in [1.807, 2.05) is 6.92 Å². The third kappa shape index (κ3) is 8.59. The molecular weight excluding hydrogens is 362 g/mol. The molecule has 0 heterocycles. The highest BCUT2D eigenvalue weighted by Gasteiger charge is 2.20. The summed E-state index contributed by atoms with van der Waals surface area (Å²) in [4.78, 5) is 12.0. The van der Waals surface area contributed by atoms with Crippen LogP contribution in [-0.4, -0.2) is 33.2 Å². The average molecular weight is 390 g/mol. The molecule has 0 radical (unpaired) electrons. The van der Waals surface area contributed by atoms with Crippen LogP contribution in [0, 0.1) is 5.92 Å². The Kier molecular flexibility index (Phi) is 8.73. The molecule has 0 spiro atoms. The molecule has 5 nitrogen and oxygen atoms in total. The molecule has 0 aliphatic heterocycles. The number of methoxy groups -OCH3 is 1. The molecule has 0 aromatic heterocycles. The molecular formula is C18H28ClNO4S. The summed E-state index contributed by atoms with van der Waals surface area (Å²) < 4.78 is 29.8. The van der Waals surface area contributed by atoms with E-state index in [-0.39, 0.29) is 11.8 Å². The minimum Gasteiger partial charge on any atom is -0.496 e. The number of rotatable bonds is 10. The van der Waals surface area contributed by atoms with Crippen molar-refractivity contribution in [3.63, 3.8) is 0 Å². The van der Waals surface area contributed by atoms with Crippen LogP contribution in [0.25, 0.3) is 0 Å². The van der Waals surface area contributed by atoms with Crippen molar-refractivity contribution in [1.29, 1.82) is 0 Å². The Morgan fingerprint density at radius 1 is 1.24 bits per heavy atom. The van der Waals surface area contributed by atoms with E-state index in [9.17, 15) is 13.2 Å². The first-order valence-corrected chi connectivity index (χ1v) is 10.6. The summed E-state index contributed by atoms with van der Waals surface area (Å²) in [5, 5.41) is 3.19. The van der Waals surface area contributed by atoms with Crippen LogP contribution in [0.3, 0.4) is 0 Å². The number of nitrogens with one attached hydrogen (secondary N) is 1. The minimum atomic E-state index is -3.61.